The molecule has 0 spiro atoms. The molecule has 1 heterocycles. The first kappa shape index (κ1) is 24.7. The highest BCUT2D eigenvalue weighted by Crippen LogP contribution is 3.02. The van der Waals surface area contributed by atoms with Crippen LogP contribution in [-0.4, -0.2) is 30.4 Å². The van der Waals surface area contributed by atoms with Crippen molar-refractivity contribution in [2.75, 3.05) is 11.0 Å². The van der Waals surface area contributed by atoms with E-state index in [1.165, 1.54) is 6.92 Å². The predicted octanol–water partition coefficient (Wildman–Crippen LogP) is 4.84. The largest absolute Gasteiger partial charge is 0.367 e. The molecular formula is C18H18F6N4O3S2. The van der Waals surface area contributed by atoms with Crippen molar-refractivity contribution in [1.29, 1.82) is 0 Å². The molecule has 7 nitrogen and oxygen atoms in total. The molecule has 0 bridgehead atoms. The Labute approximate surface area is 184 Å². The molecule has 0 saturated heterocycles. The van der Waals surface area contributed by atoms with Crippen LogP contribution < -0.4 is 10.5 Å². The zero-order valence-electron chi connectivity index (χ0n) is 17.0. The van der Waals surface area contributed by atoms with Gasteiger partial charge in [0.15, 0.2) is 5.54 Å². The van der Waals surface area contributed by atoms with Crippen LogP contribution in [0.4, 0.5) is 29.5 Å². The van der Waals surface area contributed by atoms with Gasteiger partial charge in [-0.3, -0.25) is 9.52 Å². The van der Waals surface area contributed by atoms with Crippen LogP contribution in [0.2, 0.25) is 0 Å². The van der Waals surface area contributed by atoms with Crippen LogP contribution in [0.5, 0.6) is 0 Å². The Kier molecular flexibility index (Phi) is 5.08. The van der Waals surface area contributed by atoms with E-state index < -0.39 is 42.4 Å². The van der Waals surface area contributed by atoms with E-state index in [1.54, 1.807) is 0 Å². The zero-order chi connectivity index (χ0) is 25.1. The Bertz CT molecular complexity index is 1370. The molecule has 1 unspecified atom stereocenters. The SMILES string of the molecule is CCC(C(N)=O)(c1ccc(S(F)(F)(F)(F)F)cc1)n1ncc2c(NS(C)(=O)=O)cc(F)cc21. The van der Waals surface area contributed by atoms with Gasteiger partial charge in [-0.25, -0.2) is 17.5 Å². The average Bonchev–Trinajstić information content (AvgIpc) is 3.04. The van der Waals surface area contributed by atoms with Gasteiger partial charge in [0.1, 0.15) is 10.7 Å². The minimum atomic E-state index is -9.97. The van der Waals surface area contributed by atoms with Crippen molar-refractivity contribution in [1.82, 2.24) is 9.78 Å². The van der Waals surface area contributed by atoms with Crippen molar-refractivity contribution in [3.63, 3.8) is 0 Å². The fourth-order valence-corrected chi connectivity index (χ4v) is 4.78. The Balaban J connectivity index is 2.30. The second-order valence-corrected chi connectivity index (χ2v) is 11.5. The van der Waals surface area contributed by atoms with Gasteiger partial charge in [-0.2, -0.15) is 5.10 Å². The maximum Gasteiger partial charge on any atom is 0.310 e. The molecule has 1 atom stereocenters. The van der Waals surface area contributed by atoms with Gasteiger partial charge < -0.3 is 5.73 Å². The summed E-state index contributed by atoms with van der Waals surface area (Å²) in [5.74, 6) is -2.03. The number of hydrogen-bond acceptors (Lipinski definition) is 4. The maximum absolute atomic E-state index is 14.3. The van der Waals surface area contributed by atoms with Crippen molar-refractivity contribution in [2.24, 2.45) is 5.73 Å². The number of primary amides is 1. The highest BCUT2D eigenvalue weighted by molar-refractivity contribution is 8.45. The van der Waals surface area contributed by atoms with Crippen molar-refractivity contribution < 1.29 is 37.0 Å². The van der Waals surface area contributed by atoms with Gasteiger partial charge in [0, 0.05) is 5.39 Å². The van der Waals surface area contributed by atoms with Gasteiger partial charge in [0.25, 0.3) is 0 Å². The van der Waals surface area contributed by atoms with Gasteiger partial charge in [-0.1, -0.05) is 38.5 Å². The third kappa shape index (κ3) is 4.59. The summed E-state index contributed by atoms with van der Waals surface area (Å²) < 4.78 is 106. The lowest BCUT2D eigenvalue weighted by molar-refractivity contribution is -0.125. The van der Waals surface area contributed by atoms with Crippen molar-refractivity contribution in [3.8, 4) is 0 Å². The van der Waals surface area contributed by atoms with Gasteiger partial charge >= 0.3 is 10.2 Å². The molecule has 2 aromatic carbocycles. The first-order valence-electron chi connectivity index (χ1n) is 9.08. The Morgan fingerprint density at radius 1 is 1.15 bits per heavy atom. The van der Waals surface area contributed by atoms with Crippen LogP contribution in [0.3, 0.4) is 0 Å². The van der Waals surface area contributed by atoms with Gasteiger partial charge in [0.05, 0.1) is 23.7 Å². The molecule has 0 radical (unpaired) electrons. The molecule has 3 rings (SSSR count). The second kappa shape index (κ2) is 6.79. The fourth-order valence-electron chi connectivity index (χ4n) is 3.57. The van der Waals surface area contributed by atoms with E-state index in [0.717, 1.165) is 29.3 Å². The summed E-state index contributed by atoms with van der Waals surface area (Å²) in [6.07, 6.45) is 1.73. The van der Waals surface area contributed by atoms with Gasteiger partial charge in [-0.15, -0.1) is 0 Å². The third-order valence-electron chi connectivity index (χ3n) is 5.01. The molecule has 33 heavy (non-hydrogen) atoms. The quantitative estimate of drug-likeness (QED) is 0.438. The van der Waals surface area contributed by atoms with E-state index in [9.17, 15) is 37.0 Å². The van der Waals surface area contributed by atoms with Crippen molar-refractivity contribution in [3.05, 3.63) is 54.0 Å². The molecule has 3 N–H and O–H groups in total. The predicted molar refractivity (Wildman–Crippen MR) is 113 cm³/mol. The summed E-state index contributed by atoms with van der Waals surface area (Å²) in [4.78, 5) is 10.4. The number of hydrogen-bond donors (Lipinski definition) is 2. The Morgan fingerprint density at radius 2 is 1.73 bits per heavy atom. The highest BCUT2D eigenvalue weighted by Gasteiger charge is 2.65. The number of sulfonamides is 1. The monoisotopic (exact) mass is 516 g/mol. The lowest BCUT2D eigenvalue weighted by Crippen LogP contribution is -2.47. The average molecular weight is 516 g/mol. The number of carbonyl (C=O) groups is 1. The Hall–Kier alpha value is -2.94. The number of nitrogens with zero attached hydrogens (tertiary/aromatic N) is 2. The molecular weight excluding hydrogens is 498 g/mol. The van der Waals surface area contributed by atoms with Crippen LogP contribution in [0.25, 0.3) is 10.9 Å². The lowest BCUT2D eigenvalue weighted by atomic mass is 9.86. The van der Waals surface area contributed by atoms with Crippen LogP contribution in [0.15, 0.2) is 47.5 Å². The van der Waals surface area contributed by atoms with E-state index in [-0.39, 0.29) is 40.7 Å². The minimum absolute atomic E-state index is 0.0598. The number of anilines is 1. The number of benzene rings is 2. The molecule has 1 amide bonds. The molecule has 0 saturated carbocycles. The van der Waals surface area contributed by atoms with Crippen LogP contribution >= 0.6 is 10.2 Å². The summed E-state index contributed by atoms with van der Waals surface area (Å²) in [5.41, 5.74) is 3.05. The number of aromatic nitrogens is 2. The topological polar surface area (TPSA) is 107 Å². The number of rotatable bonds is 7. The normalized spacial score (nSPS) is 16.6. The molecule has 0 aliphatic rings. The number of nitrogens with one attached hydrogen (secondary N) is 1. The van der Waals surface area contributed by atoms with Crippen LogP contribution in [-0.2, 0) is 20.4 Å². The molecule has 182 valence electrons. The third-order valence-corrected chi connectivity index (χ3v) is 6.76. The van der Waals surface area contributed by atoms with E-state index in [4.69, 9.17) is 5.73 Å². The fraction of sp³-hybridized carbons (Fsp3) is 0.222. The number of carbonyl (C=O) groups excluding carboxylic acids is 1. The molecule has 15 heteroatoms. The first-order chi connectivity index (χ1) is 14.8. The molecule has 0 fully saturated rings. The summed E-state index contributed by atoms with van der Waals surface area (Å²) >= 11 is 0. The van der Waals surface area contributed by atoms with Crippen LogP contribution in [0, 0.1) is 5.82 Å². The molecule has 0 aliphatic carbocycles. The Morgan fingerprint density at radius 3 is 2.18 bits per heavy atom. The smallest absolute Gasteiger partial charge is 0.310 e. The standard InChI is InChI=1S/C18H18F6N4O3S2/c1-3-18(17(25)29,11-4-6-13(7-5-11)33(20,21,22,23)24)28-16-9-12(19)8-15(14(16)10-26-28)27-32(2,30)31/h4-10,27H,3H2,1-2H3,(H2,25,29). The number of nitrogens with two attached hydrogens (primary N) is 1. The lowest BCUT2D eigenvalue weighted by Gasteiger charge is -2.41. The maximum atomic E-state index is 14.3. The summed E-state index contributed by atoms with van der Waals surface area (Å²) in [7, 11) is -13.8. The molecule has 3 aromatic rings. The molecule has 1 aromatic heterocycles. The van der Waals surface area contributed by atoms with E-state index in [1.807, 2.05) is 0 Å². The summed E-state index contributed by atoms with van der Waals surface area (Å²) in [5, 5.41) is 4.08. The number of fused-ring (bicyclic) bond motifs is 1. The van der Waals surface area contributed by atoms with E-state index in [0.29, 0.717) is 12.1 Å². The van der Waals surface area contributed by atoms with E-state index in [2.05, 4.69) is 9.82 Å². The molecule has 0 aliphatic heterocycles. The van der Waals surface area contributed by atoms with Gasteiger partial charge in [-0.05, 0) is 36.2 Å². The van der Waals surface area contributed by atoms with Crippen molar-refractivity contribution >= 4 is 42.7 Å². The van der Waals surface area contributed by atoms with Crippen molar-refractivity contribution in [2.45, 2.75) is 23.8 Å². The highest BCUT2D eigenvalue weighted by atomic mass is 32.5. The second-order valence-electron chi connectivity index (χ2n) is 7.39. The van der Waals surface area contributed by atoms with Gasteiger partial charge in [0.2, 0.25) is 15.9 Å². The minimum Gasteiger partial charge on any atom is -0.367 e. The van der Waals surface area contributed by atoms with Crippen LogP contribution in [0.1, 0.15) is 18.9 Å². The van der Waals surface area contributed by atoms with E-state index >= 15 is 0 Å². The number of halogens is 6. The first-order valence-corrected chi connectivity index (χ1v) is 12.9. The zero-order valence-corrected chi connectivity index (χ0v) is 18.7. The number of amides is 1. The summed E-state index contributed by atoms with van der Waals surface area (Å²) in [6, 6.07) is 3.40. The summed E-state index contributed by atoms with van der Waals surface area (Å²) in [6.45, 7) is 1.44.